The molecule has 212 valence electrons. The lowest BCUT2D eigenvalue weighted by atomic mass is 10.1. The van der Waals surface area contributed by atoms with Gasteiger partial charge < -0.3 is 19.1 Å². The number of halogens is 1. The van der Waals surface area contributed by atoms with Gasteiger partial charge in [-0.3, -0.25) is 9.78 Å². The Kier molecular flexibility index (Phi) is 8.46. The number of pyridine rings is 1. The van der Waals surface area contributed by atoms with Gasteiger partial charge in [0, 0.05) is 48.4 Å². The molecular weight excluding hydrogens is 549 g/mol. The molecule has 1 aliphatic heterocycles. The number of ether oxygens (including phenoxy) is 3. The number of sulfonamides is 1. The number of methoxy groups -OCH3 is 1. The van der Waals surface area contributed by atoms with E-state index >= 15 is 0 Å². The summed E-state index contributed by atoms with van der Waals surface area (Å²) in [7, 11) is -2.83. The van der Waals surface area contributed by atoms with Gasteiger partial charge in [-0.1, -0.05) is 18.2 Å². The number of nitrogens with zero attached hydrogens (tertiary/aromatic N) is 2. The average Bonchev–Trinajstić information content (AvgIpc) is 3.49. The molecule has 1 atom stereocenters. The number of aromatic nitrogens is 1. The van der Waals surface area contributed by atoms with Crippen molar-refractivity contribution in [3.8, 4) is 11.5 Å². The van der Waals surface area contributed by atoms with Gasteiger partial charge in [0.15, 0.2) is 17.8 Å². The van der Waals surface area contributed by atoms with Crippen LogP contribution in [0.3, 0.4) is 0 Å². The molecule has 1 amide bonds. The highest BCUT2D eigenvalue weighted by molar-refractivity contribution is 7.90. The van der Waals surface area contributed by atoms with Crippen LogP contribution in [-0.4, -0.2) is 39.3 Å². The minimum absolute atomic E-state index is 0.0899. The van der Waals surface area contributed by atoms with E-state index in [9.17, 15) is 17.6 Å². The van der Waals surface area contributed by atoms with Gasteiger partial charge in [0.25, 0.3) is 15.9 Å². The topological polar surface area (TPSA) is 107 Å². The highest BCUT2D eigenvalue weighted by Crippen LogP contribution is 2.37. The van der Waals surface area contributed by atoms with Crippen molar-refractivity contribution in [3.63, 3.8) is 0 Å². The largest absolute Gasteiger partial charge is 0.493 e. The zero-order chi connectivity index (χ0) is 28.8. The Labute approximate surface area is 237 Å². The quantitative estimate of drug-likeness (QED) is 0.274. The van der Waals surface area contributed by atoms with Crippen LogP contribution in [0.1, 0.15) is 28.8 Å². The molecule has 9 nitrogen and oxygen atoms in total. The van der Waals surface area contributed by atoms with Gasteiger partial charge in [-0.05, 0) is 66.6 Å². The molecule has 0 radical (unpaired) electrons. The van der Waals surface area contributed by atoms with E-state index in [1.54, 1.807) is 31.6 Å². The Bertz CT molecular complexity index is 1610. The van der Waals surface area contributed by atoms with Gasteiger partial charge in [0.2, 0.25) is 0 Å². The van der Waals surface area contributed by atoms with Crippen molar-refractivity contribution < 1.29 is 31.8 Å². The van der Waals surface area contributed by atoms with Crippen molar-refractivity contribution in [2.24, 2.45) is 0 Å². The van der Waals surface area contributed by atoms with E-state index in [1.165, 1.54) is 24.3 Å². The smallest absolute Gasteiger partial charge is 0.267 e. The maximum atomic E-state index is 14.0. The highest BCUT2D eigenvalue weighted by Gasteiger charge is 2.23. The molecule has 2 heterocycles. The van der Waals surface area contributed by atoms with Gasteiger partial charge in [-0.15, -0.1) is 0 Å². The summed E-state index contributed by atoms with van der Waals surface area (Å²) < 4.78 is 58.4. The second kappa shape index (κ2) is 12.4. The summed E-state index contributed by atoms with van der Waals surface area (Å²) in [5.41, 5.74) is 2.52. The molecule has 1 N–H and O–H groups in total. The summed E-state index contributed by atoms with van der Waals surface area (Å²) in [6, 6.07) is 20.6. The van der Waals surface area contributed by atoms with E-state index in [0.717, 1.165) is 41.9 Å². The number of carbonyl (C=O) groups is 1. The molecule has 0 spiro atoms. The van der Waals surface area contributed by atoms with Crippen LogP contribution < -0.4 is 19.1 Å². The summed E-state index contributed by atoms with van der Waals surface area (Å²) in [5, 5.41) is 0. The minimum atomic E-state index is -4.40. The predicted octanol–water partition coefficient (Wildman–Crippen LogP) is 5.20. The average molecular weight is 578 g/mol. The van der Waals surface area contributed by atoms with Crippen molar-refractivity contribution in [3.05, 3.63) is 108 Å². The molecule has 5 rings (SSSR count). The maximum absolute atomic E-state index is 14.0. The molecule has 3 aromatic carbocycles. The third-order valence-electron chi connectivity index (χ3n) is 6.46. The number of hydrogen-bond donors (Lipinski definition) is 1. The normalized spacial score (nSPS) is 14.8. The fourth-order valence-electron chi connectivity index (χ4n) is 4.41. The van der Waals surface area contributed by atoms with E-state index < -0.39 is 26.6 Å². The van der Waals surface area contributed by atoms with E-state index in [4.69, 9.17) is 14.2 Å². The summed E-state index contributed by atoms with van der Waals surface area (Å²) in [5.74, 6) is -0.733. The van der Waals surface area contributed by atoms with Crippen LogP contribution in [-0.2, 0) is 21.3 Å². The van der Waals surface area contributed by atoms with Crippen LogP contribution in [0.5, 0.6) is 11.5 Å². The first-order valence-electron chi connectivity index (χ1n) is 12.9. The molecule has 1 saturated heterocycles. The SMILES string of the molecule is COc1ccc(N(Cc2cccnc2)c2ccc(C(=O)NS(=O)(=O)c3ccccc3F)cc2)cc1OC1CCCO1. The standard InChI is InChI=1S/C30H28FN3O6S/c1-38-26-15-14-24(18-27(26)40-29-9-5-17-39-29)34(20-21-6-4-16-32-19-21)23-12-10-22(11-13-23)30(35)33-41(36,37)28-8-3-2-7-25(28)31/h2-4,6-8,10-16,18-19,29H,5,9,17,20H2,1H3,(H,33,35). The highest BCUT2D eigenvalue weighted by atomic mass is 32.2. The van der Waals surface area contributed by atoms with Crippen molar-refractivity contribution in [1.29, 1.82) is 0 Å². The van der Waals surface area contributed by atoms with Crippen LogP contribution in [0.15, 0.2) is 96.2 Å². The van der Waals surface area contributed by atoms with Crippen molar-refractivity contribution >= 4 is 27.3 Å². The molecule has 41 heavy (non-hydrogen) atoms. The molecule has 0 bridgehead atoms. The predicted molar refractivity (Wildman–Crippen MR) is 150 cm³/mol. The lowest BCUT2D eigenvalue weighted by Crippen LogP contribution is -2.31. The summed E-state index contributed by atoms with van der Waals surface area (Å²) in [6.07, 6.45) is 4.79. The van der Waals surface area contributed by atoms with E-state index in [0.29, 0.717) is 24.7 Å². The van der Waals surface area contributed by atoms with Crippen molar-refractivity contribution in [2.45, 2.75) is 30.6 Å². The third kappa shape index (κ3) is 6.64. The van der Waals surface area contributed by atoms with Crippen molar-refractivity contribution in [1.82, 2.24) is 9.71 Å². The van der Waals surface area contributed by atoms with Gasteiger partial charge in [0.05, 0.1) is 13.7 Å². The lowest BCUT2D eigenvalue weighted by molar-refractivity contribution is -0.0402. The zero-order valence-corrected chi connectivity index (χ0v) is 23.0. The van der Waals surface area contributed by atoms with Gasteiger partial charge in [-0.25, -0.2) is 17.5 Å². The maximum Gasteiger partial charge on any atom is 0.267 e. The summed E-state index contributed by atoms with van der Waals surface area (Å²) >= 11 is 0. The van der Waals surface area contributed by atoms with Gasteiger partial charge in [0.1, 0.15) is 10.7 Å². The number of carbonyl (C=O) groups excluding carboxylic acids is 1. The molecule has 1 fully saturated rings. The van der Waals surface area contributed by atoms with Gasteiger partial charge in [-0.2, -0.15) is 0 Å². The first-order chi connectivity index (χ1) is 19.8. The van der Waals surface area contributed by atoms with Crippen LogP contribution in [0, 0.1) is 5.82 Å². The Morgan fingerprint density at radius 3 is 2.51 bits per heavy atom. The monoisotopic (exact) mass is 577 g/mol. The van der Waals surface area contributed by atoms with Crippen LogP contribution in [0.25, 0.3) is 0 Å². The second-order valence-corrected chi connectivity index (χ2v) is 10.9. The molecule has 4 aromatic rings. The van der Waals surface area contributed by atoms with Crippen molar-refractivity contribution in [2.75, 3.05) is 18.6 Å². The molecule has 11 heteroatoms. The van der Waals surface area contributed by atoms with Gasteiger partial charge >= 0.3 is 0 Å². The molecule has 1 aliphatic rings. The van der Waals surface area contributed by atoms with Crippen LogP contribution >= 0.6 is 0 Å². The van der Waals surface area contributed by atoms with E-state index in [1.807, 2.05) is 40.0 Å². The Morgan fingerprint density at radius 1 is 1.05 bits per heavy atom. The number of anilines is 2. The Balaban J connectivity index is 1.43. The molecule has 1 aromatic heterocycles. The summed E-state index contributed by atoms with van der Waals surface area (Å²) in [6.45, 7) is 1.08. The number of nitrogens with one attached hydrogen (secondary N) is 1. The first-order valence-corrected chi connectivity index (χ1v) is 14.4. The fourth-order valence-corrected chi connectivity index (χ4v) is 5.46. The number of hydrogen-bond acceptors (Lipinski definition) is 8. The third-order valence-corrected chi connectivity index (χ3v) is 7.83. The second-order valence-electron chi connectivity index (χ2n) is 9.25. The number of amides is 1. The minimum Gasteiger partial charge on any atom is -0.493 e. The van der Waals surface area contributed by atoms with Crippen LogP contribution in [0.4, 0.5) is 15.8 Å². The molecule has 0 aliphatic carbocycles. The van der Waals surface area contributed by atoms with Crippen LogP contribution in [0.2, 0.25) is 0 Å². The van der Waals surface area contributed by atoms with E-state index in [2.05, 4.69) is 4.98 Å². The Hall–Kier alpha value is -4.48. The molecular formula is C30H28FN3O6S. The lowest BCUT2D eigenvalue weighted by Gasteiger charge is -2.27. The summed E-state index contributed by atoms with van der Waals surface area (Å²) in [4.78, 5) is 18.4. The molecule has 0 saturated carbocycles. The molecule has 1 unspecified atom stereocenters. The fraction of sp³-hybridized carbons (Fsp3) is 0.200. The Morgan fingerprint density at radius 2 is 1.83 bits per heavy atom. The zero-order valence-electron chi connectivity index (χ0n) is 22.2. The first kappa shape index (κ1) is 28.1. The van der Waals surface area contributed by atoms with E-state index in [-0.39, 0.29) is 11.9 Å². The number of rotatable bonds is 10. The number of benzene rings is 3.